The molecule has 0 spiro atoms. The fourth-order valence-corrected chi connectivity index (χ4v) is 4.60. The van der Waals surface area contributed by atoms with Crippen molar-refractivity contribution in [1.82, 2.24) is 9.88 Å². The Morgan fingerprint density at radius 2 is 2.21 bits per heavy atom. The Balaban J connectivity index is 1.32. The third kappa shape index (κ3) is 3.31. The lowest BCUT2D eigenvalue weighted by Crippen LogP contribution is -2.55. The fourth-order valence-electron chi connectivity index (χ4n) is 3.70. The van der Waals surface area contributed by atoms with Crippen molar-refractivity contribution in [3.05, 3.63) is 29.3 Å². The van der Waals surface area contributed by atoms with Gasteiger partial charge < -0.3 is 14.4 Å². The smallest absolute Gasteiger partial charge is 0.249 e. The van der Waals surface area contributed by atoms with Gasteiger partial charge in [0.05, 0.1) is 35.6 Å². The van der Waals surface area contributed by atoms with E-state index in [1.54, 1.807) is 11.3 Å². The summed E-state index contributed by atoms with van der Waals surface area (Å²) in [5.74, 6) is 0.0799. The van der Waals surface area contributed by atoms with Crippen LogP contribution in [0.5, 0.6) is 0 Å². The van der Waals surface area contributed by atoms with Crippen LogP contribution >= 0.6 is 11.3 Å². The number of para-hydroxylation sites is 1. The summed E-state index contributed by atoms with van der Waals surface area (Å²) in [6.45, 7) is 1.85. The van der Waals surface area contributed by atoms with Crippen LogP contribution < -0.4 is 0 Å². The van der Waals surface area contributed by atoms with Crippen LogP contribution in [0.4, 0.5) is 0 Å². The quantitative estimate of drug-likeness (QED) is 0.854. The number of morpholine rings is 1. The highest BCUT2D eigenvalue weighted by Crippen LogP contribution is 2.28. The van der Waals surface area contributed by atoms with E-state index in [1.165, 1.54) is 12.8 Å². The van der Waals surface area contributed by atoms with Crippen molar-refractivity contribution < 1.29 is 14.3 Å². The van der Waals surface area contributed by atoms with Crippen molar-refractivity contribution in [2.45, 2.75) is 44.4 Å². The summed E-state index contributed by atoms with van der Waals surface area (Å²) in [4.78, 5) is 19.1. The normalized spacial score (nSPS) is 24.1. The topological polar surface area (TPSA) is 51.7 Å². The Bertz CT molecular complexity index is 682. The lowest BCUT2D eigenvalue weighted by atomic mass is 9.90. The van der Waals surface area contributed by atoms with Gasteiger partial charge in [0.25, 0.3) is 0 Å². The summed E-state index contributed by atoms with van der Waals surface area (Å²) in [7, 11) is 0. The van der Waals surface area contributed by atoms with E-state index in [-0.39, 0.29) is 24.7 Å². The number of benzene rings is 1. The second-order valence-electron chi connectivity index (χ2n) is 6.42. The molecular formula is C18H22N2O3S. The second kappa shape index (κ2) is 7.17. The van der Waals surface area contributed by atoms with Crippen LogP contribution in [0.3, 0.4) is 0 Å². The Kier molecular flexibility index (Phi) is 4.78. The van der Waals surface area contributed by atoms with Crippen LogP contribution in [0.15, 0.2) is 24.3 Å². The fraction of sp³-hybridized carbons (Fsp3) is 0.556. The van der Waals surface area contributed by atoms with Gasteiger partial charge in [-0.2, -0.15) is 0 Å². The van der Waals surface area contributed by atoms with E-state index in [0.717, 1.165) is 28.1 Å². The third-order valence-electron chi connectivity index (χ3n) is 4.84. The lowest BCUT2D eigenvalue weighted by molar-refractivity contribution is -0.154. The minimum atomic E-state index is 0.0799. The highest BCUT2D eigenvalue weighted by atomic mass is 32.1. The zero-order valence-corrected chi connectivity index (χ0v) is 14.5. The molecule has 4 rings (SSSR count). The van der Waals surface area contributed by atoms with E-state index in [1.807, 2.05) is 23.1 Å². The van der Waals surface area contributed by atoms with E-state index < -0.39 is 0 Å². The van der Waals surface area contributed by atoms with Crippen molar-refractivity contribution >= 4 is 27.5 Å². The molecule has 0 N–H and O–H groups in total. The van der Waals surface area contributed by atoms with Gasteiger partial charge >= 0.3 is 0 Å². The average molecular weight is 346 g/mol. The maximum Gasteiger partial charge on any atom is 0.249 e. The average Bonchev–Trinajstić information content (AvgIpc) is 3.04. The number of ether oxygens (including phenoxy) is 2. The number of aromatic nitrogens is 1. The molecule has 2 aliphatic rings. The second-order valence-corrected chi connectivity index (χ2v) is 7.53. The summed E-state index contributed by atoms with van der Waals surface area (Å²) in [6, 6.07) is 8.28. The number of nitrogens with zero attached hydrogens (tertiary/aromatic N) is 2. The number of fused-ring (bicyclic) bond motifs is 2. The number of carbonyl (C=O) groups excluding carboxylic acids is 1. The monoisotopic (exact) mass is 346 g/mol. The maximum absolute atomic E-state index is 12.5. The third-order valence-corrected chi connectivity index (χ3v) is 5.85. The molecule has 6 heteroatoms. The molecule has 1 aromatic heterocycles. The Morgan fingerprint density at radius 3 is 3.12 bits per heavy atom. The van der Waals surface area contributed by atoms with Gasteiger partial charge in [0.1, 0.15) is 11.6 Å². The Hall–Kier alpha value is -1.50. The standard InChI is InChI=1S/C18H22N2O3S/c21-18(20-9-10-23-15-7-3-2-6-14(15)20)12-22-11-17-19-13-5-1-4-8-16(13)24-17/h1,4-5,8,14-15H,2-3,6-7,9-12H2. The molecule has 2 fully saturated rings. The van der Waals surface area contributed by atoms with Crippen molar-refractivity contribution in [3.8, 4) is 0 Å². The molecule has 2 unspecified atom stereocenters. The molecule has 24 heavy (non-hydrogen) atoms. The summed E-state index contributed by atoms with van der Waals surface area (Å²) >= 11 is 1.62. The van der Waals surface area contributed by atoms with Gasteiger partial charge in [-0.05, 0) is 25.0 Å². The molecule has 128 valence electrons. The number of hydrogen-bond donors (Lipinski definition) is 0. The Morgan fingerprint density at radius 1 is 1.33 bits per heavy atom. The van der Waals surface area contributed by atoms with Crippen molar-refractivity contribution in [3.63, 3.8) is 0 Å². The number of rotatable bonds is 4. The van der Waals surface area contributed by atoms with Crippen LogP contribution in [-0.2, 0) is 20.9 Å². The van der Waals surface area contributed by atoms with Crippen LogP contribution in [0.25, 0.3) is 10.2 Å². The first kappa shape index (κ1) is 16.0. The molecule has 2 aromatic rings. The van der Waals surface area contributed by atoms with Gasteiger partial charge in [0, 0.05) is 6.54 Å². The molecule has 0 bridgehead atoms. The summed E-state index contributed by atoms with van der Waals surface area (Å²) in [6.07, 6.45) is 4.73. The summed E-state index contributed by atoms with van der Waals surface area (Å²) in [5, 5.41) is 0.918. The predicted octanol–water partition coefficient (Wildman–Crippen LogP) is 2.98. The van der Waals surface area contributed by atoms with E-state index in [4.69, 9.17) is 9.47 Å². The molecule has 1 saturated heterocycles. The molecule has 1 aromatic carbocycles. The molecule has 2 heterocycles. The molecule has 1 amide bonds. The van der Waals surface area contributed by atoms with Crippen molar-refractivity contribution in [2.75, 3.05) is 19.8 Å². The predicted molar refractivity (Wildman–Crippen MR) is 93.0 cm³/mol. The lowest BCUT2D eigenvalue weighted by Gasteiger charge is -2.43. The Labute approximate surface area is 145 Å². The molecular weight excluding hydrogens is 324 g/mol. The summed E-state index contributed by atoms with van der Waals surface area (Å²) in [5.41, 5.74) is 0.991. The van der Waals surface area contributed by atoms with Crippen molar-refractivity contribution in [1.29, 1.82) is 0 Å². The van der Waals surface area contributed by atoms with Crippen LogP contribution in [-0.4, -0.2) is 47.7 Å². The first-order valence-electron chi connectivity index (χ1n) is 8.64. The molecule has 1 aliphatic carbocycles. The SMILES string of the molecule is O=C(COCc1nc2ccccc2s1)N1CCOC2CCCCC21. The van der Waals surface area contributed by atoms with Gasteiger partial charge in [-0.25, -0.2) is 4.98 Å². The van der Waals surface area contributed by atoms with Gasteiger partial charge in [0.2, 0.25) is 5.91 Å². The van der Waals surface area contributed by atoms with Gasteiger partial charge in [-0.1, -0.05) is 25.0 Å². The van der Waals surface area contributed by atoms with Crippen LogP contribution in [0.2, 0.25) is 0 Å². The number of amides is 1. The number of hydrogen-bond acceptors (Lipinski definition) is 5. The van der Waals surface area contributed by atoms with E-state index in [9.17, 15) is 4.79 Å². The van der Waals surface area contributed by atoms with Gasteiger partial charge in [-0.15, -0.1) is 11.3 Å². The molecule has 5 nitrogen and oxygen atoms in total. The highest BCUT2D eigenvalue weighted by molar-refractivity contribution is 7.18. The van der Waals surface area contributed by atoms with E-state index in [2.05, 4.69) is 11.1 Å². The zero-order valence-electron chi connectivity index (χ0n) is 13.6. The summed E-state index contributed by atoms with van der Waals surface area (Å²) < 4.78 is 12.6. The minimum absolute atomic E-state index is 0.0799. The molecule has 0 radical (unpaired) electrons. The molecule has 1 aliphatic heterocycles. The van der Waals surface area contributed by atoms with E-state index >= 15 is 0 Å². The van der Waals surface area contributed by atoms with Crippen LogP contribution in [0, 0.1) is 0 Å². The maximum atomic E-state index is 12.5. The first-order valence-corrected chi connectivity index (χ1v) is 9.46. The minimum Gasteiger partial charge on any atom is -0.374 e. The van der Waals surface area contributed by atoms with Gasteiger partial charge in [0.15, 0.2) is 0 Å². The largest absolute Gasteiger partial charge is 0.374 e. The van der Waals surface area contributed by atoms with Crippen molar-refractivity contribution in [2.24, 2.45) is 0 Å². The van der Waals surface area contributed by atoms with E-state index in [0.29, 0.717) is 19.8 Å². The number of thiazole rings is 1. The van der Waals surface area contributed by atoms with Gasteiger partial charge in [-0.3, -0.25) is 4.79 Å². The number of carbonyl (C=O) groups is 1. The molecule has 2 atom stereocenters. The first-order chi connectivity index (χ1) is 11.8. The zero-order chi connectivity index (χ0) is 16.4. The highest BCUT2D eigenvalue weighted by Gasteiger charge is 2.36. The molecule has 1 saturated carbocycles. The van der Waals surface area contributed by atoms with Crippen LogP contribution in [0.1, 0.15) is 30.7 Å².